The molecule has 0 aliphatic carbocycles. The van der Waals surface area contributed by atoms with Gasteiger partial charge in [0.05, 0.1) is 17.6 Å². The van der Waals surface area contributed by atoms with Gasteiger partial charge in [0.1, 0.15) is 17.5 Å². The summed E-state index contributed by atoms with van der Waals surface area (Å²) in [5.74, 6) is -0.342. The quantitative estimate of drug-likeness (QED) is 0.763. The Labute approximate surface area is 132 Å². The van der Waals surface area contributed by atoms with Crippen LogP contribution in [0.2, 0.25) is 0 Å². The molecule has 0 aromatic heterocycles. The van der Waals surface area contributed by atoms with Crippen LogP contribution in [0.4, 0.5) is 9.18 Å². The topological polar surface area (TPSA) is 38.8 Å². The van der Waals surface area contributed by atoms with Crippen LogP contribution in [0.5, 0.6) is 0 Å². The van der Waals surface area contributed by atoms with Gasteiger partial charge in [0.2, 0.25) is 0 Å². The van der Waals surface area contributed by atoms with Crippen molar-refractivity contribution in [3.8, 4) is 0 Å². The fourth-order valence-corrected chi connectivity index (χ4v) is 2.30. The number of halogens is 2. The van der Waals surface area contributed by atoms with E-state index in [1.807, 2.05) is 20.8 Å². The minimum absolute atomic E-state index is 0.339. The van der Waals surface area contributed by atoms with Gasteiger partial charge in [0.15, 0.2) is 0 Å². The van der Waals surface area contributed by atoms with Crippen LogP contribution in [0.1, 0.15) is 32.4 Å². The van der Waals surface area contributed by atoms with E-state index in [1.54, 1.807) is 17.0 Å². The van der Waals surface area contributed by atoms with E-state index in [0.717, 1.165) is 0 Å². The third-order valence-corrected chi connectivity index (χ3v) is 3.68. The van der Waals surface area contributed by atoms with Gasteiger partial charge in [-0.2, -0.15) is 0 Å². The minimum atomic E-state index is -0.533. The van der Waals surface area contributed by atoms with Gasteiger partial charge < -0.3 is 14.4 Å². The van der Waals surface area contributed by atoms with E-state index in [0.29, 0.717) is 29.7 Å². The molecule has 0 N–H and O–H groups in total. The monoisotopic (exact) mass is 359 g/mol. The van der Waals surface area contributed by atoms with Crippen LogP contribution in [-0.2, 0) is 9.47 Å². The van der Waals surface area contributed by atoms with E-state index >= 15 is 0 Å². The largest absolute Gasteiger partial charge is 0.444 e. The Morgan fingerprint density at radius 1 is 1.48 bits per heavy atom. The summed E-state index contributed by atoms with van der Waals surface area (Å²) in [6.07, 6.45) is -0.706. The van der Waals surface area contributed by atoms with Crippen LogP contribution in [0, 0.1) is 5.82 Å². The Kier molecular flexibility index (Phi) is 4.88. The van der Waals surface area contributed by atoms with Crippen LogP contribution in [0.15, 0.2) is 22.7 Å². The Morgan fingerprint density at radius 2 is 2.19 bits per heavy atom. The molecule has 1 fully saturated rings. The number of hydrogen-bond acceptors (Lipinski definition) is 3. The lowest BCUT2D eigenvalue weighted by Gasteiger charge is -2.34. The molecular formula is C15H19BrFNO3. The first-order valence-corrected chi connectivity index (χ1v) is 7.60. The highest BCUT2D eigenvalue weighted by Crippen LogP contribution is 2.26. The van der Waals surface area contributed by atoms with Crippen molar-refractivity contribution in [3.63, 3.8) is 0 Å². The summed E-state index contributed by atoms with van der Waals surface area (Å²) in [7, 11) is 0. The smallest absolute Gasteiger partial charge is 0.410 e. The summed E-state index contributed by atoms with van der Waals surface area (Å²) in [5.41, 5.74) is 0.179. The van der Waals surface area contributed by atoms with Crippen molar-refractivity contribution < 1.29 is 18.7 Å². The molecule has 0 radical (unpaired) electrons. The molecule has 1 aromatic carbocycles. The molecule has 1 aliphatic heterocycles. The normalized spacial score (nSPS) is 19.5. The number of amides is 1. The number of carbonyl (C=O) groups is 1. The predicted molar refractivity (Wildman–Crippen MR) is 80.6 cm³/mol. The fraction of sp³-hybridized carbons (Fsp3) is 0.533. The summed E-state index contributed by atoms with van der Waals surface area (Å²) in [4.78, 5) is 13.7. The van der Waals surface area contributed by atoms with E-state index in [1.165, 1.54) is 6.07 Å². The summed E-state index contributed by atoms with van der Waals surface area (Å²) in [6, 6.07) is 4.85. The zero-order chi connectivity index (χ0) is 15.6. The highest BCUT2D eigenvalue weighted by atomic mass is 79.9. The van der Waals surface area contributed by atoms with Crippen LogP contribution < -0.4 is 0 Å². The van der Waals surface area contributed by atoms with Crippen molar-refractivity contribution in [3.05, 3.63) is 34.1 Å². The van der Waals surface area contributed by atoms with Gasteiger partial charge in [-0.25, -0.2) is 9.18 Å². The highest BCUT2D eigenvalue weighted by Gasteiger charge is 2.29. The molecule has 0 spiro atoms. The Hall–Kier alpha value is -1.14. The van der Waals surface area contributed by atoms with E-state index in [4.69, 9.17) is 9.47 Å². The lowest BCUT2D eigenvalue weighted by molar-refractivity contribution is -0.0433. The van der Waals surface area contributed by atoms with Crippen molar-refractivity contribution >= 4 is 22.0 Å². The first kappa shape index (κ1) is 16.2. The summed E-state index contributed by atoms with van der Waals surface area (Å²) in [6.45, 7) is 6.72. The molecule has 1 saturated heterocycles. The molecule has 0 saturated carbocycles. The molecular weight excluding hydrogens is 341 g/mol. The van der Waals surface area contributed by atoms with E-state index in [2.05, 4.69) is 15.9 Å². The van der Waals surface area contributed by atoms with Crippen LogP contribution in [0.3, 0.4) is 0 Å². The van der Waals surface area contributed by atoms with Crippen molar-refractivity contribution in [2.75, 3.05) is 19.7 Å². The zero-order valence-corrected chi connectivity index (χ0v) is 13.9. The van der Waals surface area contributed by atoms with E-state index in [9.17, 15) is 9.18 Å². The van der Waals surface area contributed by atoms with Crippen LogP contribution in [0.25, 0.3) is 0 Å². The van der Waals surface area contributed by atoms with E-state index in [-0.39, 0.29) is 18.0 Å². The van der Waals surface area contributed by atoms with Gasteiger partial charge in [0, 0.05) is 6.54 Å². The highest BCUT2D eigenvalue weighted by molar-refractivity contribution is 9.10. The molecule has 116 valence electrons. The number of rotatable bonds is 1. The molecule has 4 nitrogen and oxygen atoms in total. The first-order valence-electron chi connectivity index (χ1n) is 6.81. The average molecular weight is 360 g/mol. The van der Waals surface area contributed by atoms with Gasteiger partial charge in [-0.15, -0.1) is 0 Å². The second kappa shape index (κ2) is 6.32. The van der Waals surface area contributed by atoms with Gasteiger partial charge >= 0.3 is 6.09 Å². The number of ether oxygens (including phenoxy) is 2. The number of nitrogens with zero attached hydrogens (tertiary/aromatic N) is 1. The second-order valence-electron chi connectivity index (χ2n) is 5.96. The van der Waals surface area contributed by atoms with E-state index < -0.39 is 5.60 Å². The van der Waals surface area contributed by atoms with Gasteiger partial charge in [-0.05, 0) is 54.4 Å². The van der Waals surface area contributed by atoms with Crippen LogP contribution >= 0.6 is 15.9 Å². The van der Waals surface area contributed by atoms with Crippen molar-refractivity contribution in [2.45, 2.75) is 32.5 Å². The molecule has 6 heteroatoms. The van der Waals surface area contributed by atoms with Gasteiger partial charge in [-0.1, -0.05) is 6.07 Å². The van der Waals surface area contributed by atoms with Crippen molar-refractivity contribution in [2.24, 2.45) is 0 Å². The van der Waals surface area contributed by atoms with Gasteiger partial charge in [0.25, 0.3) is 0 Å². The molecule has 2 rings (SSSR count). The summed E-state index contributed by atoms with van der Waals surface area (Å²) >= 11 is 3.12. The maximum atomic E-state index is 13.6. The molecule has 1 atom stereocenters. The SMILES string of the molecule is CC(C)(C)OC(=O)N1CCO[C@@H](c2ccc(Br)c(F)c2)C1. The van der Waals surface area contributed by atoms with Crippen LogP contribution in [-0.4, -0.2) is 36.3 Å². The standard InChI is InChI=1S/C15H19BrFNO3/c1-15(2,3)21-14(19)18-6-7-20-13(9-18)10-4-5-11(16)12(17)8-10/h4-5,8,13H,6-7,9H2,1-3H3/t13-/m1/s1. The maximum absolute atomic E-state index is 13.6. The maximum Gasteiger partial charge on any atom is 0.410 e. The number of carbonyl (C=O) groups excluding carboxylic acids is 1. The summed E-state index contributed by atoms with van der Waals surface area (Å²) in [5, 5.41) is 0. The number of morpholine rings is 1. The third kappa shape index (κ3) is 4.41. The van der Waals surface area contributed by atoms with Gasteiger partial charge in [-0.3, -0.25) is 0 Å². The Balaban J connectivity index is 2.06. The zero-order valence-electron chi connectivity index (χ0n) is 12.4. The molecule has 21 heavy (non-hydrogen) atoms. The minimum Gasteiger partial charge on any atom is -0.444 e. The Bertz CT molecular complexity index is 530. The Morgan fingerprint density at radius 3 is 2.81 bits per heavy atom. The number of benzene rings is 1. The van der Waals surface area contributed by atoms with Crippen molar-refractivity contribution in [1.82, 2.24) is 4.90 Å². The molecule has 1 aliphatic rings. The molecule has 1 heterocycles. The fourth-order valence-electron chi connectivity index (χ4n) is 2.06. The molecule has 0 unspecified atom stereocenters. The predicted octanol–water partition coefficient (Wildman–Crippen LogP) is 3.90. The average Bonchev–Trinajstić information content (AvgIpc) is 2.40. The lowest BCUT2D eigenvalue weighted by Crippen LogP contribution is -2.44. The van der Waals surface area contributed by atoms with Crippen molar-refractivity contribution in [1.29, 1.82) is 0 Å². The number of hydrogen-bond donors (Lipinski definition) is 0. The summed E-state index contributed by atoms with van der Waals surface area (Å²) < 4.78 is 25.0. The third-order valence-electron chi connectivity index (χ3n) is 3.03. The lowest BCUT2D eigenvalue weighted by atomic mass is 10.1. The molecule has 0 bridgehead atoms. The first-order chi connectivity index (χ1) is 9.76. The molecule has 1 amide bonds. The second-order valence-corrected chi connectivity index (χ2v) is 6.81. The molecule has 1 aromatic rings.